The van der Waals surface area contributed by atoms with Gasteiger partial charge in [0, 0.05) is 11.2 Å². The molecule has 0 spiro atoms. The lowest BCUT2D eigenvalue weighted by molar-refractivity contribution is -0.138. The third-order valence-electron chi connectivity index (χ3n) is 3.65. The van der Waals surface area contributed by atoms with Crippen molar-refractivity contribution < 1.29 is 31.1 Å². The first-order valence-corrected chi connectivity index (χ1v) is 9.51. The predicted molar refractivity (Wildman–Crippen MR) is 98.8 cm³/mol. The molecule has 1 amide bonds. The Morgan fingerprint density at radius 3 is 2.40 bits per heavy atom. The monoisotopic (exact) mass is 488 g/mol. The Morgan fingerprint density at radius 2 is 1.77 bits per heavy atom. The van der Waals surface area contributed by atoms with Gasteiger partial charge in [0.1, 0.15) is 0 Å². The average Bonchev–Trinajstić information content (AvgIpc) is 3.03. The van der Waals surface area contributed by atoms with Crippen molar-refractivity contribution in [1.29, 1.82) is 0 Å². The van der Waals surface area contributed by atoms with Gasteiger partial charge in [-0.3, -0.25) is 9.20 Å². The summed E-state index contributed by atoms with van der Waals surface area (Å²) in [5.74, 6) is -1.29. The summed E-state index contributed by atoms with van der Waals surface area (Å²) in [4.78, 5) is 12.1. The smallest absolute Gasteiger partial charge is 0.325 e. The number of halogens is 8. The van der Waals surface area contributed by atoms with Gasteiger partial charge in [0.2, 0.25) is 5.91 Å². The molecule has 2 heterocycles. The lowest BCUT2D eigenvalue weighted by atomic mass is 10.1. The molecule has 1 N–H and O–H groups in total. The van der Waals surface area contributed by atoms with E-state index in [0.717, 1.165) is 10.5 Å². The highest BCUT2D eigenvalue weighted by Crippen LogP contribution is 2.37. The van der Waals surface area contributed by atoms with Gasteiger partial charge in [-0.05, 0) is 24.3 Å². The fourth-order valence-corrected chi connectivity index (χ4v) is 3.49. The maximum absolute atomic E-state index is 13.1. The Morgan fingerprint density at radius 1 is 1.07 bits per heavy atom. The Labute approximate surface area is 178 Å². The molecule has 0 saturated carbocycles. The molecule has 5 nitrogen and oxygen atoms in total. The van der Waals surface area contributed by atoms with Crippen LogP contribution in [0.25, 0.3) is 5.65 Å². The van der Waals surface area contributed by atoms with Crippen LogP contribution in [-0.4, -0.2) is 26.3 Å². The number of amides is 1. The normalized spacial score (nSPS) is 12.4. The minimum Gasteiger partial charge on any atom is -0.325 e. The van der Waals surface area contributed by atoms with E-state index in [9.17, 15) is 31.1 Å². The van der Waals surface area contributed by atoms with E-state index >= 15 is 0 Å². The highest BCUT2D eigenvalue weighted by Gasteiger charge is 2.34. The molecule has 3 rings (SSSR count). The van der Waals surface area contributed by atoms with Crippen LogP contribution in [0.15, 0.2) is 35.6 Å². The van der Waals surface area contributed by atoms with Crippen molar-refractivity contribution in [2.75, 3.05) is 11.1 Å². The largest absolute Gasteiger partial charge is 0.418 e. The van der Waals surface area contributed by atoms with Crippen LogP contribution in [0, 0.1) is 0 Å². The van der Waals surface area contributed by atoms with Gasteiger partial charge >= 0.3 is 12.4 Å². The van der Waals surface area contributed by atoms with E-state index in [0.29, 0.717) is 30.1 Å². The molecule has 0 unspecified atom stereocenters. The molecule has 0 bridgehead atoms. The molecule has 1 aromatic carbocycles. The van der Waals surface area contributed by atoms with E-state index in [1.807, 2.05) is 0 Å². The van der Waals surface area contributed by atoms with Crippen LogP contribution in [0.1, 0.15) is 11.1 Å². The van der Waals surface area contributed by atoms with Gasteiger partial charge in [0.25, 0.3) is 0 Å². The third kappa shape index (κ3) is 4.93. The van der Waals surface area contributed by atoms with Crippen LogP contribution in [0.2, 0.25) is 10.0 Å². The highest BCUT2D eigenvalue weighted by molar-refractivity contribution is 7.99. The van der Waals surface area contributed by atoms with Crippen molar-refractivity contribution in [3.8, 4) is 0 Å². The number of hydrogen-bond acceptors (Lipinski definition) is 4. The Bertz CT molecular complexity index is 1120. The van der Waals surface area contributed by atoms with Crippen molar-refractivity contribution in [1.82, 2.24) is 14.6 Å². The van der Waals surface area contributed by atoms with E-state index in [1.165, 1.54) is 6.07 Å². The van der Waals surface area contributed by atoms with Gasteiger partial charge in [-0.25, -0.2) is 0 Å². The van der Waals surface area contributed by atoms with Crippen molar-refractivity contribution in [3.05, 3.63) is 51.6 Å². The number of hydrogen-bond donors (Lipinski definition) is 1. The maximum atomic E-state index is 13.1. The number of anilines is 1. The summed E-state index contributed by atoms with van der Waals surface area (Å²) in [5.41, 5.74) is -2.76. The van der Waals surface area contributed by atoms with Gasteiger partial charge in [0.05, 0.1) is 27.6 Å². The number of alkyl halides is 6. The zero-order chi connectivity index (χ0) is 22.3. The second kappa shape index (κ2) is 8.16. The fourth-order valence-electron chi connectivity index (χ4n) is 2.36. The number of carbonyl (C=O) groups is 1. The first kappa shape index (κ1) is 22.5. The SMILES string of the molecule is O=C(CSc1nnc2c(Cl)cc(C(F)(F)F)cn12)Nc1ccc(Cl)cc1C(F)(F)F. The quantitative estimate of drug-likeness (QED) is 0.372. The van der Waals surface area contributed by atoms with E-state index in [4.69, 9.17) is 23.2 Å². The molecular formula is C16H8Cl2F6N4OS. The van der Waals surface area contributed by atoms with Gasteiger partial charge in [0.15, 0.2) is 10.8 Å². The topological polar surface area (TPSA) is 59.3 Å². The van der Waals surface area contributed by atoms with Crippen LogP contribution in [0.4, 0.5) is 32.0 Å². The van der Waals surface area contributed by atoms with Gasteiger partial charge in [-0.2, -0.15) is 26.3 Å². The summed E-state index contributed by atoms with van der Waals surface area (Å²) < 4.78 is 79.1. The molecule has 0 radical (unpaired) electrons. The molecule has 0 aliphatic rings. The summed E-state index contributed by atoms with van der Waals surface area (Å²) in [5, 5.41) is 8.87. The summed E-state index contributed by atoms with van der Waals surface area (Å²) in [6.45, 7) is 0. The maximum Gasteiger partial charge on any atom is 0.418 e. The van der Waals surface area contributed by atoms with Crippen molar-refractivity contribution in [2.45, 2.75) is 17.5 Å². The minimum atomic E-state index is -4.76. The van der Waals surface area contributed by atoms with E-state index < -0.39 is 40.8 Å². The zero-order valence-corrected chi connectivity index (χ0v) is 16.6. The second-order valence-electron chi connectivity index (χ2n) is 5.78. The molecule has 0 aliphatic carbocycles. The molecule has 160 valence electrons. The summed E-state index contributed by atoms with van der Waals surface area (Å²) in [6.07, 6.45) is -8.72. The lowest BCUT2D eigenvalue weighted by Gasteiger charge is -2.14. The molecule has 0 atom stereocenters. The number of nitrogens with zero attached hydrogens (tertiary/aromatic N) is 3. The van der Waals surface area contributed by atoms with Gasteiger partial charge < -0.3 is 5.32 Å². The van der Waals surface area contributed by atoms with E-state index in [1.54, 1.807) is 0 Å². The average molecular weight is 489 g/mol. The standard InChI is InChI=1S/C16H8Cl2F6N4OS/c17-8-1-2-11(9(4-8)16(22,23)24)25-12(29)6-30-14-27-26-13-10(18)3-7(5-28(13)14)15(19,20)21/h1-5H,6H2,(H,25,29). The first-order valence-electron chi connectivity index (χ1n) is 7.77. The number of fused-ring (bicyclic) bond motifs is 1. The molecule has 0 aliphatic heterocycles. The van der Waals surface area contributed by atoms with E-state index in [-0.39, 0.29) is 20.8 Å². The van der Waals surface area contributed by atoms with Crippen LogP contribution in [-0.2, 0) is 17.1 Å². The molecule has 2 aromatic heterocycles. The molecule has 0 saturated heterocycles. The van der Waals surface area contributed by atoms with Crippen molar-refractivity contribution >= 4 is 52.2 Å². The number of carbonyl (C=O) groups excluding carboxylic acids is 1. The second-order valence-corrected chi connectivity index (χ2v) is 7.56. The number of rotatable bonds is 4. The van der Waals surface area contributed by atoms with Crippen LogP contribution in [0.3, 0.4) is 0 Å². The Hall–Kier alpha value is -2.18. The summed E-state index contributed by atoms with van der Waals surface area (Å²) in [7, 11) is 0. The van der Waals surface area contributed by atoms with Gasteiger partial charge in [-0.1, -0.05) is 35.0 Å². The van der Waals surface area contributed by atoms with Crippen LogP contribution >= 0.6 is 35.0 Å². The molecule has 14 heteroatoms. The summed E-state index contributed by atoms with van der Waals surface area (Å²) >= 11 is 12.0. The van der Waals surface area contributed by atoms with E-state index in [2.05, 4.69) is 15.5 Å². The first-order chi connectivity index (χ1) is 13.9. The highest BCUT2D eigenvalue weighted by atomic mass is 35.5. The molecular weight excluding hydrogens is 481 g/mol. The Balaban J connectivity index is 1.79. The lowest BCUT2D eigenvalue weighted by Crippen LogP contribution is -2.18. The van der Waals surface area contributed by atoms with Crippen LogP contribution in [0.5, 0.6) is 0 Å². The van der Waals surface area contributed by atoms with Gasteiger partial charge in [-0.15, -0.1) is 10.2 Å². The summed E-state index contributed by atoms with van der Waals surface area (Å²) in [6, 6.07) is 3.52. The number of benzene rings is 1. The number of pyridine rings is 1. The van der Waals surface area contributed by atoms with Crippen molar-refractivity contribution in [3.63, 3.8) is 0 Å². The third-order valence-corrected chi connectivity index (χ3v) is 5.11. The minimum absolute atomic E-state index is 0.0652. The number of nitrogens with one attached hydrogen (secondary N) is 1. The zero-order valence-electron chi connectivity index (χ0n) is 14.3. The molecule has 0 fully saturated rings. The number of aromatic nitrogens is 3. The van der Waals surface area contributed by atoms with Crippen molar-refractivity contribution in [2.24, 2.45) is 0 Å². The fraction of sp³-hybridized carbons (Fsp3) is 0.188. The Kier molecular flexibility index (Phi) is 6.12. The molecule has 3 aromatic rings. The molecule has 30 heavy (non-hydrogen) atoms. The predicted octanol–water partition coefficient (Wildman–Crippen LogP) is 5.80. The van der Waals surface area contributed by atoms with Crippen LogP contribution < -0.4 is 5.32 Å². The number of thioether (sulfide) groups is 1.